The summed E-state index contributed by atoms with van der Waals surface area (Å²) in [7, 11) is 0. The van der Waals surface area contributed by atoms with Crippen molar-refractivity contribution in [2.45, 2.75) is 49.1 Å². The third-order valence-electron chi connectivity index (χ3n) is 13.0. The Bertz CT molecular complexity index is 2290. The Morgan fingerprint density at radius 2 is 0.815 bits per heavy atom. The van der Waals surface area contributed by atoms with E-state index in [1.165, 1.54) is 11.1 Å². The van der Waals surface area contributed by atoms with Crippen molar-refractivity contribution in [1.82, 2.24) is 9.80 Å². The number of nitrogens with zero attached hydrogens (tertiary/aromatic N) is 4. The number of hydrogen-bond donors (Lipinski definition) is 0. The van der Waals surface area contributed by atoms with Crippen LogP contribution >= 0.6 is 0 Å². The minimum atomic E-state index is -1.09. The summed E-state index contributed by atoms with van der Waals surface area (Å²) in [5.74, 6) is 0.164. The van der Waals surface area contributed by atoms with Gasteiger partial charge in [0, 0.05) is 35.6 Å². The molecule has 4 atom stereocenters. The van der Waals surface area contributed by atoms with E-state index in [9.17, 15) is 0 Å². The van der Waals surface area contributed by atoms with Gasteiger partial charge in [-0.15, -0.1) is 0 Å². The maximum atomic E-state index is 16.2. The van der Waals surface area contributed by atoms with Gasteiger partial charge in [0.25, 0.3) is 11.8 Å². The van der Waals surface area contributed by atoms with Crippen LogP contribution in [-0.2, 0) is 46.6 Å². The van der Waals surface area contributed by atoms with Crippen LogP contribution in [0.15, 0.2) is 158 Å². The van der Waals surface area contributed by atoms with Crippen molar-refractivity contribution in [1.29, 1.82) is 0 Å². The molecule has 6 aromatic rings. The zero-order valence-corrected chi connectivity index (χ0v) is 30.0. The molecule has 2 amide bonds. The van der Waals surface area contributed by atoms with Crippen LogP contribution in [0, 0.1) is 0 Å². The molecule has 1 fully saturated rings. The number of carbonyl (C=O) groups excluding carboxylic acids is 2. The monoisotopic (exact) mass is 704 g/mol. The Hall–Kier alpha value is -5.82. The molecule has 6 aromatic carbocycles. The third kappa shape index (κ3) is 4.07. The van der Waals surface area contributed by atoms with E-state index in [1.807, 2.05) is 46.2 Å². The summed E-state index contributed by atoms with van der Waals surface area (Å²) in [6.07, 6.45) is 1.58. The summed E-state index contributed by atoms with van der Waals surface area (Å²) in [4.78, 5) is 41.4. The molecule has 0 saturated carbocycles. The van der Waals surface area contributed by atoms with Crippen LogP contribution in [0.1, 0.15) is 56.6 Å². The van der Waals surface area contributed by atoms with Crippen molar-refractivity contribution < 1.29 is 9.59 Å². The normalized spacial score (nSPS) is 25.3. The van der Waals surface area contributed by atoms with Crippen molar-refractivity contribution in [3.05, 3.63) is 202 Å². The number of anilines is 2. The Labute approximate surface area is 315 Å². The fourth-order valence-corrected chi connectivity index (χ4v) is 11.0. The smallest absolute Gasteiger partial charge is 0.254 e. The summed E-state index contributed by atoms with van der Waals surface area (Å²) in [5, 5.41) is 0. The van der Waals surface area contributed by atoms with Gasteiger partial charge in [0.1, 0.15) is 11.1 Å². The maximum absolute atomic E-state index is 16.2. The van der Waals surface area contributed by atoms with Gasteiger partial charge in [0.15, 0.2) is 0 Å². The second kappa shape index (κ2) is 11.8. The van der Waals surface area contributed by atoms with E-state index < -0.39 is 23.2 Å². The zero-order chi connectivity index (χ0) is 36.0. The molecule has 1 saturated heterocycles. The summed E-state index contributed by atoms with van der Waals surface area (Å²) in [6.45, 7) is 2.23. The van der Waals surface area contributed by atoms with Crippen molar-refractivity contribution in [2.75, 3.05) is 22.9 Å². The van der Waals surface area contributed by atoms with Crippen molar-refractivity contribution >= 4 is 23.2 Å². The quantitative estimate of drug-likeness (QED) is 0.186. The molecule has 0 aromatic heterocycles. The maximum Gasteiger partial charge on any atom is 0.254 e. The van der Waals surface area contributed by atoms with E-state index in [0.29, 0.717) is 26.2 Å². The van der Waals surface area contributed by atoms with Gasteiger partial charge in [-0.05, 0) is 58.4 Å². The lowest BCUT2D eigenvalue weighted by Crippen LogP contribution is -2.76. The summed E-state index contributed by atoms with van der Waals surface area (Å²) < 4.78 is 0. The Morgan fingerprint density at radius 3 is 1.26 bits per heavy atom. The molecule has 5 aliphatic heterocycles. The molecule has 0 aliphatic carbocycles. The second-order valence-corrected chi connectivity index (χ2v) is 15.4. The molecular weight excluding hydrogens is 665 g/mol. The molecule has 5 heterocycles. The molecule has 0 bridgehead atoms. The summed E-state index contributed by atoms with van der Waals surface area (Å²) >= 11 is 0. The molecule has 6 nitrogen and oxygen atoms in total. The molecule has 264 valence electrons. The number of hydrogen-bond acceptors (Lipinski definition) is 4. The van der Waals surface area contributed by atoms with E-state index in [0.717, 1.165) is 57.6 Å². The average molecular weight is 705 g/mol. The molecule has 2 spiro atoms. The number of benzene rings is 6. The first kappa shape index (κ1) is 31.7. The first-order valence-corrected chi connectivity index (χ1v) is 19.2. The van der Waals surface area contributed by atoms with Crippen molar-refractivity contribution in [3.63, 3.8) is 0 Å². The summed E-state index contributed by atoms with van der Waals surface area (Å²) in [6, 6.07) is 54.1. The van der Waals surface area contributed by atoms with Gasteiger partial charge in [-0.1, -0.05) is 146 Å². The predicted octanol–water partition coefficient (Wildman–Crippen LogP) is 8.08. The van der Waals surface area contributed by atoms with Crippen LogP contribution in [0.25, 0.3) is 0 Å². The lowest BCUT2D eigenvalue weighted by molar-refractivity contribution is -0.192. The highest BCUT2D eigenvalue weighted by molar-refractivity contribution is 6.11. The molecule has 11 rings (SSSR count). The van der Waals surface area contributed by atoms with Gasteiger partial charge in [0.2, 0.25) is 0 Å². The fourth-order valence-electron chi connectivity index (χ4n) is 11.0. The predicted molar refractivity (Wildman–Crippen MR) is 211 cm³/mol. The average Bonchev–Trinajstić information content (AvgIpc) is 3.61. The van der Waals surface area contributed by atoms with Crippen LogP contribution < -0.4 is 9.80 Å². The van der Waals surface area contributed by atoms with Gasteiger partial charge >= 0.3 is 0 Å². The first-order chi connectivity index (χ1) is 26.6. The highest BCUT2D eigenvalue weighted by Crippen LogP contribution is 2.69. The lowest BCUT2D eigenvalue weighted by atomic mass is 9.62. The van der Waals surface area contributed by atoms with Gasteiger partial charge in [-0.3, -0.25) is 19.4 Å². The minimum absolute atomic E-state index is 0.0818. The molecule has 54 heavy (non-hydrogen) atoms. The highest BCUT2D eigenvalue weighted by Gasteiger charge is 2.75. The molecule has 6 heteroatoms. The highest BCUT2D eigenvalue weighted by atomic mass is 16.2. The molecule has 5 aliphatic rings. The van der Waals surface area contributed by atoms with Gasteiger partial charge < -0.3 is 9.80 Å². The molecule has 0 radical (unpaired) electrons. The van der Waals surface area contributed by atoms with Gasteiger partial charge in [-0.25, -0.2) is 0 Å². The van der Waals surface area contributed by atoms with E-state index >= 15 is 9.59 Å². The van der Waals surface area contributed by atoms with Gasteiger partial charge in [-0.2, -0.15) is 0 Å². The Balaban J connectivity index is 1.22. The number of rotatable bonds is 4. The molecule has 0 unspecified atom stereocenters. The zero-order valence-electron chi connectivity index (χ0n) is 30.0. The van der Waals surface area contributed by atoms with Crippen LogP contribution in [0.5, 0.6) is 0 Å². The fraction of sp³-hybridized carbons (Fsp3) is 0.208. The van der Waals surface area contributed by atoms with Crippen molar-refractivity contribution in [3.8, 4) is 0 Å². The number of para-hydroxylation sites is 2. The number of fused-ring (bicyclic) bond motifs is 14. The lowest BCUT2D eigenvalue weighted by Gasteiger charge is -2.66. The van der Waals surface area contributed by atoms with E-state index in [1.54, 1.807) is 0 Å². The van der Waals surface area contributed by atoms with Crippen LogP contribution in [0.4, 0.5) is 11.4 Å². The van der Waals surface area contributed by atoms with Crippen LogP contribution in [-0.4, -0.2) is 34.7 Å². The van der Waals surface area contributed by atoms with Crippen LogP contribution in [0.2, 0.25) is 0 Å². The second-order valence-electron chi connectivity index (χ2n) is 15.4. The number of carbonyl (C=O) groups is 2. The van der Waals surface area contributed by atoms with Gasteiger partial charge in [0.05, 0.1) is 25.2 Å². The molecular formula is C48H40N4O2. The largest absolute Gasteiger partial charge is 0.306 e. The topological polar surface area (TPSA) is 47.1 Å². The first-order valence-electron chi connectivity index (χ1n) is 19.2. The Morgan fingerprint density at radius 1 is 0.444 bits per heavy atom. The summed E-state index contributed by atoms with van der Waals surface area (Å²) in [5.41, 5.74) is 8.71. The standard InChI is InChI=1S/C48H40N4O2/c53-45-47(39-23-11-13-25-41(39)49(45)31-33-15-3-1-4-16-33)43-37-21-9-7-19-35(37)28-30-52(43)48(44-38-22-10-8-20-36(38)27-29-51(44)47)40-24-12-14-26-42(40)50(46(48)54)32-34-17-5-2-6-18-34/h1-26,43-44H,27-32H2/t43-,44-,47-,48+/m1/s1. The van der Waals surface area contributed by atoms with Crippen molar-refractivity contribution in [2.24, 2.45) is 0 Å². The minimum Gasteiger partial charge on any atom is -0.306 e. The Kier molecular flexibility index (Phi) is 6.95. The van der Waals surface area contributed by atoms with E-state index in [4.69, 9.17) is 0 Å². The van der Waals surface area contributed by atoms with Crippen LogP contribution in [0.3, 0.4) is 0 Å². The van der Waals surface area contributed by atoms with E-state index in [2.05, 4.69) is 131 Å². The number of piperazine rings is 1. The third-order valence-corrected chi connectivity index (χ3v) is 13.0. The molecule has 0 N–H and O–H groups in total. The number of amides is 2. The SMILES string of the molecule is O=C1N(Cc2ccccc2)c2ccccc2[C@]12[C@H]1c3ccccc3CCN1[C@@]1(C(=O)N(Cc3ccccc3)c3ccccc31)[C@H]1c3ccccc3CCN12. The van der Waals surface area contributed by atoms with E-state index in [-0.39, 0.29) is 11.8 Å².